The number of Topliss-reactive ketones (excluding diaryl/α,β-unsaturated/α-hetero) is 1. The van der Waals surface area contributed by atoms with Crippen molar-refractivity contribution < 1.29 is 18.8 Å². The molecular formula is C21H22N2O4. The number of fused-ring (bicyclic) bond motifs is 1. The maximum Gasteiger partial charge on any atom is 0.258 e. The van der Waals surface area contributed by atoms with Crippen LogP contribution in [0.4, 0.5) is 5.69 Å². The van der Waals surface area contributed by atoms with Crippen LogP contribution in [0, 0.1) is 6.92 Å². The summed E-state index contributed by atoms with van der Waals surface area (Å²) in [5, 5.41) is 0. The summed E-state index contributed by atoms with van der Waals surface area (Å²) in [4.78, 5) is 41.8. The number of ketones is 1. The summed E-state index contributed by atoms with van der Waals surface area (Å²) in [6, 6.07) is 8.85. The number of piperazine rings is 1. The number of hydrogen-bond donors (Lipinski definition) is 0. The SMILES string of the molecule is Cc1oc2c(c1C(=O)N1CCN(c3ccccc3)C(=O)C1C)C(=O)CCC2. The van der Waals surface area contributed by atoms with Crippen molar-refractivity contribution in [2.75, 3.05) is 18.0 Å². The molecule has 1 atom stereocenters. The number of amides is 2. The van der Waals surface area contributed by atoms with Gasteiger partial charge in [0.15, 0.2) is 5.78 Å². The zero-order valence-corrected chi connectivity index (χ0v) is 15.5. The first kappa shape index (κ1) is 17.5. The van der Waals surface area contributed by atoms with Gasteiger partial charge >= 0.3 is 0 Å². The maximum atomic E-state index is 13.2. The van der Waals surface area contributed by atoms with Crippen LogP contribution in [0.2, 0.25) is 0 Å². The number of benzene rings is 1. The van der Waals surface area contributed by atoms with Crippen LogP contribution in [-0.2, 0) is 11.2 Å². The molecule has 1 fully saturated rings. The smallest absolute Gasteiger partial charge is 0.258 e. The second-order valence-electron chi connectivity index (χ2n) is 7.11. The summed E-state index contributed by atoms with van der Waals surface area (Å²) in [6.07, 6.45) is 1.85. The van der Waals surface area contributed by atoms with Gasteiger partial charge in [0.1, 0.15) is 17.6 Å². The van der Waals surface area contributed by atoms with Crippen LogP contribution < -0.4 is 4.90 Å². The minimum atomic E-state index is -0.602. The van der Waals surface area contributed by atoms with Crippen LogP contribution in [0.1, 0.15) is 52.0 Å². The molecule has 1 aliphatic carbocycles. The van der Waals surface area contributed by atoms with Gasteiger partial charge in [0.05, 0.1) is 11.1 Å². The van der Waals surface area contributed by atoms with Crippen molar-refractivity contribution in [2.45, 2.75) is 39.2 Å². The lowest BCUT2D eigenvalue weighted by atomic mass is 9.92. The van der Waals surface area contributed by atoms with Crippen LogP contribution >= 0.6 is 0 Å². The zero-order chi connectivity index (χ0) is 19.1. The van der Waals surface area contributed by atoms with Crippen molar-refractivity contribution in [1.29, 1.82) is 0 Å². The van der Waals surface area contributed by atoms with Gasteiger partial charge in [-0.3, -0.25) is 14.4 Å². The van der Waals surface area contributed by atoms with Crippen LogP contribution in [0.15, 0.2) is 34.7 Å². The van der Waals surface area contributed by atoms with Gasteiger partial charge in [-0.15, -0.1) is 0 Å². The van der Waals surface area contributed by atoms with Crippen LogP contribution in [-0.4, -0.2) is 41.6 Å². The molecule has 1 aromatic carbocycles. The Balaban J connectivity index is 1.62. The molecule has 0 spiro atoms. The number of carbonyl (C=O) groups excluding carboxylic acids is 3. The van der Waals surface area contributed by atoms with Crippen molar-refractivity contribution in [1.82, 2.24) is 4.90 Å². The zero-order valence-electron chi connectivity index (χ0n) is 15.5. The first-order valence-electron chi connectivity index (χ1n) is 9.32. The number of carbonyl (C=O) groups is 3. The van der Waals surface area contributed by atoms with Gasteiger partial charge in [0, 0.05) is 31.6 Å². The second kappa shape index (κ2) is 6.68. The highest BCUT2D eigenvalue weighted by Crippen LogP contribution is 2.31. The van der Waals surface area contributed by atoms with E-state index in [-0.39, 0.29) is 17.6 Å². The highest BCUT2D eigenvalue weighted by molar-refractivity contribution is 6.11. The quantitative estimate of drug-likeness (QED) is 0.819. The first-order chi connectivity index (χ1) is 13.0. The van der Waals surface area contributed by atoms with Gasteiger partial charge in [-0.25, -0.2) is 0 Å². The number of anilines is 1. The third-order valence-corrected chi connectivity index (χ3v) is 5.44. The van der Waals surface area contributed by atoms with E-state index in [9.17, 15) is 14.4 Å². The standard InChI is InChI=1S/C21H22N2O4/c1-13-20(25)23(15-7-4-3-5-8-15)12-11-22(13)21(26)18-14(2)27-17-10-6-9-16(24)19(17)18/h3-5,7-8,13H,6,9-12H2,1-2H3. The fourth-order valence-corrected chi connectivity index (χ4v) is 4.02. The van der Waals surface area contributed by atoms with Gasteiger partial charge in [0.2, 0.25) is 5.91 Å². The Morgan fingerprint density at radius 2 is 1.85 bits per heavy atom. The van der Waals surface area contributed by atoms with E-state index in [1.807, 2.05) is 30.3 Å². The summed E-state index contributed by atoms with van der Waals surface area (Å²) in [7, 11) is 0. The molecule has 140 valence electrons. The molecule has 6 heteroatoms. The third kappa shape index (κ3) is 2.85. The third-order valence-electron chi connectivity index (χ3n) is 5.44. The van der Waals surface area contributed by atoms with E-state index in [0.29, 0.717) is 48.6 Å². The molecular weight excluding hydrogens is 344 g/mol. The molecule has 0 bridgehead atoms. The molecule has 27 heavy (non-hydrogen) atoms. The Morgan fingerprint density at radius 3 is 2.59 bits per heavy atom. The first-order valence-corrected chi connectivity index (χ1v) is 9.32. The van der Waals surface area contributed by atoms with Gasteiger partial charge in [-0.05, 0) is 32.4 Å². The molecule has 0 N–H and O–H groups in total. The molecule has 1 aromatic heterocycles. The maximum absolute atomic E-state index is 13.2. The van der Waals surface area contributed by atoms with E-state index in [0.717, 1.165) is 12.1 Å². The van der Waals surface area contributed by atoms with Crippen molar-refractivity contribution in [3.8, 4) is 0 Å². The number of para-hydroxylation sites is 1. The van der Waals surface area contributed by atoms with Gasteiger partial charge in [-0.1, -0.05) is 18.2 Å². The highest BCUT2D eigenvalue weighted by atomic mass is 16.3. The lowest BCUT2D eigenvalue weighted by molar-refractivity contribution is -0.124. The largest absolute Gasteiger partial charge is 0.465 e. The summed E-state index contributed by atoms with van der Waals surface area (Å²) < 4.78 is 5.71. The molecule has 1 unspecified atom stereocenters. The summed E-state index contributed by atoms with van der Waals surface area (Å²) in [6.45, 7) is 4.28. The van der Waals surface area contributed by atoms with Crippen LogP contribution in [0.25, 0.3) is 0 Å². The molecule has 4 rings (SSSR count). The average Bonchev–Trinajstić information content (AvgIpc) is 3.01. The minimum Gasteiger partial charge on any atom is -0.465 e. The Bertz CT molecular complexity index is 916. The molecule has 1 saturated heterocycles. The second-order valence-corrected chi connectivity index (χ2v) is 7.11. The Morgan fingerprint density at radius 1 is 1.11 bits per heavy atom. The topological polar surface area (TPSA) is 70.8 Å². The summed E-state index contributed by atoms with van der Waals surface area (Å²) in [5.41, 5.74) is 1.59. The Hall–Kier alpha value is -2.89. The van der Waals surface area contributed by atoms with E-state index in [1.54, 1.807) is 23.6 Å². The van der Waals surface area contributed by atoms with E-state index >= 15 is 0 Å². The predicted molar refractivity (Wildman–Crippen MR) is 100 cm³/mol. The van der Waals surface area contributed by atoms with Gasteiger partial charge in [0.25, 0.3) is 5.91 Å². The van der Waals surface area contributed by atoms with Crippen LogP contribution in [0.3, 0.4) is 0 Å². The van der Waals surface area contributed by atoms with Gasteiger partial charge in [-0.2, -0.15) is 0 Å². The number of aryl methyl sites for hydroxylation is 2. The Labute approximate surface area is 157 Å². The minimum absolute atomic E-state index is 0.0432. The van der Waals surface area contributed by atoms with Crippen molar-refractivity contribution in [3.63, 3.8) is 0 Å². The van der Waals surface area contributed by atoms with E-state index in [1.165, 1.54) is 0 Å². The normalized spacial score (nSPS) is 20.0. The molecule has 2 aliphatic rings. The molecule has 6 nitrogen and oxygen atoms in total. The monoisotopic (exact) mass is 366 g/mol. The molecule has 0 radical (unpaired) electrons. The number of hydrogen-bond acceptors (Lipinski definition) is 4. The number of furan rings is 1. The van der Waals surface area contributed by atoms with Crippen molar-refractivity contribution >= 4 is 23.3 Å². The average molecular weight is 366 g/mol. The lowest BCUT2D eigenvalue weighted by Crippen LogP contribution is -2.58. The molecule has 2 heterocycles. The molecule has 1 aliphatic heterocycles. The van der Waals surface area contributed by atoms with Gasteiger partial charge < -0.3 is 14.2 Å². The number of rotatable bonds is 2. The molecule has 2 amide bonds. The predicted octanol–water partition coefficient (Wildman–Crippen LogP) is 2.98. The number of nitrogens with zero attached hydrogens (tertiary/aromatic N) is 2. The fourth-order valence-electron chi connectivity index (χ4n) is 4.02. The van der Waals surface area contributed by atoms with E-state index < -0.39 is 6.04 Å². The molecule has 0 saturated carbocycles. The summed E-state index contributed by atoms with van der Waals surface area (Å²) in [5.74, 6) is 0.612. The molecule has 2 aromatic rings. The fraction of sp³-hybridized carbons (Fsp3) is 0.381. The van der Waals surface area contributed by atoms with Crippen molar-refractivity contribution in [3.05, 3.63) is 53.0 Å². The van der Waals surface area contributed by atoms with E-state index in [2.05, 4.69) is 0 Å². The lowest BCUT2D eigenvalue weighted by Gasteiger charge is -2.39. The van der Waals surface area contributed by atoms with Crippen LogP contribution in [0.5, 0.6) is 0 Å². The summed E-state index contributed by atoms with van der Waals surface area (Å²) >= 11 is 0. The van der Waals surface area contributed by atoms with Crippen molar-refractivity contribution in [2.24, 2.45) is 0 Å². The Kier molecular flexibility index (Phi) is 4.34. The highest BCUT2D eigenvalue weighted by Gasteiger charge is 2.39. The van der Waals surface area contributed by atoms with E-state index in [4.69, 9.17) is 4.42 Å².